The van der Waals surface area contributed by atoms with Crippen LogP contribution in [0.5, 0.6) is 0 Å². The molecule has 1 aliphatic heterocycles. The van der Waals surface area contributed by atoms with Gasteiger partial charge in [-0.3, -0.25) is 9.79 Å². The zero-order chi connectivity index (χ0) is 17.9. The second-order valence-electron chi connectivity index (χ2n) is 6.58. The topological polar surface area (TPSA) is 80.0 Å². The molecular formula is C17H29IN4O3. The first-order valence-electron chi connectivity index (χ1n) is 8.35. The van der Waals surface area contributed by atoms with E-state index in [9.17, 15) is 4.79 Å². The summed E-state index contributed by atoms with van der Waals surface area (Å²) in [5.74, 6) is 1.92. The Morgan fingerprint density at radius 1 is 1.48 bits per heavy atom. The molecule has 3 unspecified atom stereocenters. The minimum absolute atomic E-state index is 0. The molecule has 0 spiro atoms. The largest absolute Gasteiger partial charge is 0.469 e. The molecule has 8 heteroatoms. The highest BCUT2D eigenvalue weighted by atomic mass is 127. The summed E-state index contributed by atoms with van der Waals surface area (Å²) < 4.78 is 10.1. The first kappa shape index (κ1) is 21.7. The number of esters is 1. The van der Waals surface area contributed by atoms with Gasteiger partial charge in [0.05, 0.1) is 18.7 Å². The maximum atomic E-state index is 11.9. The van der Waals surface area contributed by atoms with Gasteiger partial charge in [0.25, 0.3) is 0 Å². The van der Waals surface area contributed by atoms with E-state index in [1.54, 1.807) is 7.05 Å². The molecule has 0 saturated carbocycles. The van der Waals surface area contributed by atoms with Gasteiger partial charge in [0.1, 0.15) is 5.76 Å². The van der Waals surface area contributed by atoms with Crippen molar-refractivity contribution in [1.82, 2.24) is 15.4 Å². The van der Waals surface area contributed by atoms with Gasteiger partial charge in [-0.05, 0) is 19.8 Å². The highest BCUT2D eigenvalue weighted by Gasteiger charge is 2.36. The first-order valence-corrected chi connectivity index (χ1v) is 8.35. The van der Waals surface area contributed by atoms with Crippen molar-refractivity contribution in [3.8, 4) is 0 Å². The van der Waals surface area contributed by atoms with Crippen LogP contribution in [0.4, 0.5) is 0 Å². The van der Waals surface area contributed by atoms with Gasteiger partial charge in [0.15, 0.2) is 5.96 Å². The fourth-order valence-corrected chi connectivity index (χ4v) is 3.47. The smallest absolute Gasteiger partial charge is 0.310 e. The summed E-state index contributed by atoms with van der Waals surface area (Å²) in [6.45, 7) is 10.2. The Bertz CT molecular complexity index is 598. The lowest BCUT2D eigenvalue weighted by atomic mass is 9.99. The molecule has 0 amide bonds. The lowest BCUT2D eigenvalue weighted by Gasteiger charge is -2.23. The highest BCUT2D eigenvalue weighted by molar-refractivity contribution is 14.0. The third-order valence-electron chi connectivity index (χ3n) is 4.78. The van der Waals surface area contributed by atoms with Crippen LogP contribution >= 0.6 is 24.0 Å². The Kier molecular flexibility index (Phi) is 8.17. The number of nitrogens with zero attached hydrogens (tertiary/aromatic N) is 3. The van der Waals surface area contributed by atoms with Crippen molar-refractivity contribution in [1.29, 1.82) is 0 Å². The molecule has 2 rings (SSSR count). The maximum absolute atomic E-state index is 11.9. The Labute approximate surface area is 166 Å². The average molecular weight is 464 g/mol. The molecule has 1 aromatic rings. The van der Waals surface area contributed by atoms with Crippen LogP contribution in [0.25, 0.3) is 0 Å². The van der Waals surface area contributed by atoms with Gasteiger partial charge < -0.3 is 19.5 Å². The quantitative estimate of drug-likeness (QED) is 0.319. The summed E-state index contributed by atoms with van der Waals surface area (Å²) in [6.07, 6.45) is 0. The van der Waals surface area contributed by atoms with E-state index in [0.717, 1.165) is 36.1 Å². The Balaban J connectivity index is 0.00000312. The zero-order valence-electron chi connectivity index (χ0n) is 15.8. The molecule has 2 heterocycles. The van der Waals surface area contributed by atoms with E-state index in [1.165, 1.54) is 7.11 Å². The number of hydrogen-bond acceptors (Lipinski definition) is 5. The van der Waals surface area contributed by atoms with E-state index in [0.29, 0.717) is 6.54 Å². The van der Waals surface area contributed by atoms with Gasteiger partial charge in [-0.1, -0.05) is 19.0 Å². The number of ether oxygens (including phenoxy) is 1. The SMILES string of the molecule is CN=C(NCC(C)c1c(C)noc1C)N1CC(C)C(C(=O)OC)C1.I. The molecule has 142 valence electrons. The molecular weight excluding hydrogens is 435 g/mol. The molecule has 0 radical (unpaired) electrons. The van der Waals surface area contributed by atoms with Crippen molar-refractivity contribution in [2.45, 2.75) is 33.6 Å². The molecule has 1 N–H and O–H groups in total. The Hall–Kier alpha value is -1.32. The summed E-state index contributed by atoms with van der Waals surface area (Å²) in [5, 5.41) is 7.42. The van der Waals surface area contributed by atoms with Crippen molar-refractivity contribution >= 4 is 35.9 Å². The molecule has 0 bridgehead atoms. The molecule has 3 atom stereocenters. The fourth-order valence-electron chi connectivity index (χ4n) is 3.47. The second-order valence-corrected chi connectivity index (χ2v) is 6.58. The zero-order valence-corrected chi connectivity index (χ0v) is 18.2. The van der Waals surface area contributed by atoms with Crippen molar-refractivity contribution in [3.05, 3.63) is 17.0 Å². The standard InChI is InChI=1S/C17H28N4O3.HI/c1-10(15-12(3)20-24-13(15)4)7-19-17(18-5)21-8-11(2)14(9-21)16(22)23-6;/h10-11,14H,7-9H2,1-6H3,(H,18,19);1H. The number of hydrogen-bond donors (Lipinski definition) is 1. The van der Waals surface area contributed by atoms with Crippen molar-refractivity contribution < 1.29 is 14.1 Å². The third-order valence-corrected chi connectivity index (χ3v) is 4.78. The third kappa shape index (κ3) is 4.86. The second kappa shape index (κ2) is 9.40. The van der Waals surface area contributed by atoms with Crippen molar-refractivity contribution in [2.24, 2.45) is 16.8 Å². The van der Waals surface area contributed by atoms with Gasteiger partial charge >= 0.3 is 5.97 Å². The van der Waals surface area contributed by atoms with E-state index in [-0.39, 0.29) is 47.7 Å². The van der Waals surface area contributed by atoms with Crippen LogP contribution in [0.1, 0.15) is 36.8 Å². The number of likely N-dealkylation sites (tertiary alicyclic amines) is 1. The van der Waals surface area contributed by atoms with E-state index in [2.05, 4.69) is 34.2 Å². The van der Waals surface area contributed by atoms with Crippen LogP contribution in [0.15, 0.2) is 9.52 Å². The normalized spacial score (nSPS) is 21.7. The lowest BCUT2D eigenvalue weighted by Crippen LogP contribution is -2.42. The van der Waals surface area contributed by atoms with Crippen LogP contribution in [-0.2, 0) is 9.53 Å². The number of aromatic nitrogens is 1. The summed E-state index contributed by atoms with van der Waals surface area (Å²) >= 11 is 0. The van der Waals surface area contributed by atoms with Crippen LogP contribution < -0.4 is 5.32 Å². The maximum Gasteiger partial charge on any atom is 0.310 e. The number of methoxy groups -OCH3 is 1. The van der Waals surface area contributed by atoms with Crippen LogP contribution in [0, 0.1) is 25.7 Å². The molecule has 1 fully saturated rings. The van der Waals surface area contributed by atoms with Crippen LogP contribution in [0.3, 0.4) is 0 Å². The number of carbonyl (C=O) groups is 1. The van der Waals surface area contributed by atoms with Gasteiger partial charge in [-0.2, -0.15) is 0 Å². The minimum atomic E-state index is -0.149. The Morgan fingerprint density at radius 2 is 2.16 bits per heavy atom. The first-order chi connectivity index (χ1) is 11.4. The Morgan fingerprint density at radius 3 is 2.68 bits per heavy atom. The fraction of sp³-hybridized carbons (Fsp3) is 0.706. The van der Waals surface area contributed by atoms with Crippen molar-refractivity contribution in [3.63, 3.8) is 0 Å². The monoisotopic (exact) mass is 464 g/mol. The average Bonchev–Trinajstić information content (AvgIpc) is 3.10. The number of halogens is 1. The molecule has 1 aliphatic rings. The number of aryl methyl sites for hydroxylation is 2. The van der Waals surface area contributed by atoms with E-state index in [4.69, 9.17) is 9.26 Å². The van der Waals surface area contributed by atoms with Gasteiger partial charge in [0.2, 0.25) is 0 Å². The van der Waals surface area contributed by atoms with E-state index < -0.39 is 0 Å². The molecule has 7 nitrogen and oxygen atoms in total. The predicted octanol–water partition coefficient (Wildman–Crippen LogP) is 2.33. The molecule has 1 saturated heterocycles. The number of nitrogens with one attached hydrogen (secondary N) is 1. The molecule has 25 heavy (non-hydrogen) atoms. The van der Waals surface area contributed by atoms with Crippen LogP contribution in [-0.4, -0.2) is 55.8 Å². The summed E-state index contributed by atoms with van der Waals surface area (Å²) in [4.78, 5) is 18.3. The lowest BCUT2D eigenvalue weighted by molar-refractivity contribution is -0.145. The van der Waals surface area contributed by atoms with Gasteiger partial charge in [-0.25, -0.2) is 0 Å². The number of carbonyl (C=O) groups excluding carboxylic acids is 1. The number of guanidine groups is 1. The van der Waals surface area contributed by atoms with Crippen LogP contribution in [0.2, 0.25) is 0 Å². The van der Waals surface area contributed by atoms with Gasteiger partial charge in [-0.15, -0.1) is 24.0 Å². The predicted molar refractivity (Wildman–Crippen MR) is 107 cm³/mol. The highest BCUT2D eigenvalue weighted by Crippen LogP contribution is 2.25. The summed E-state index contributed by atoms with van der Waals surface area (Å²) in [5.41, 5.74) is 2.07. The van der Waals surface area contributed by atoms with Gasteiger partial charge in [0, 0.05) is 38.2 Å². The molecule has 1 aromatic heterocycles. The minimum Gasteiger partial charge on any atom is -0.469 e. The summed E-state index contributed by atoms with van der Waals surface area (Å²) in [7, 11) is 3.20. The van der Waals surface area contributed by atoms with Crippen molar-refractivity contribution in [2.75, 3.05) is 33.8 Å². The molecule has 0 aromatic carbocycles. The molecule has 0 aliphatic carbocycles. The van der Waals surface area contributed by atoms with E-state index >= 15 is 0 Å². The van der Waals surface area contributed by atoms with E-state index in [1.807, 2.05) is 13.8 Å². The summed E-state index contributed by atoms with van der Waals surface area (Å²) in [6, 6.07) is 0. The number of aliphatic imine (C=N–C) groups is 1. The number of rotatable bonds is 4.